The van der Waals surface area contributed by atoms with Gasteiger partial charge in [0.15, 0.2) is 5.11 Å². The van der Waals surface area contributed by atoms with Crippen molar-refractivity contribution in [1.29, 1.82) is 0 Å². The lowest BCUT2D eigenvalue weighted by Crippen LogP contribution is -2.24. The van der Waals surface area contributed by atoms with Gasteiger partial charge in [-0.25, -0.2) is 4.39 Å². The van der Waals surface area contributed by atoms with E-state index in [-0.39, 0.29) is 10.6 Å². The molecule has 3 nitrogen and oxygen atoms in total. The van der Waals surface area contributed by atoms with Crippen molar-refractivity contribution in [3.05, 3.63) is 77.1 Å². The summed E-state index contributed by atoms with van der Waals surface area (Å²) >= 11 is 11.1. The van der Waals surface area contributed by atoms with Crippen molar-refractivity contribution in [1.82, 2.24) is 5.43 Å². The highest BCUT2D eigenvalue weighted by Crippen LogP contribution is 2.22. The van der Waals surface area contributed by atoms with Gasteiger partial charge in [0.05, 0.1) is 11.2 Å². The lowest BCUT2D eigenvalue weighted by Gasteiger charge is -2.10. The summed E-state index contributed by atoms with van der Waals surface area (Å²) in [6.07, 6.45) is 1.30. The Morgan fingerprint density at radius 1 is 1.04 bits per heavy atom. The summed E-state index contributed by atoms with van der Waals surface area (Å²) in [5, 5.41) is 9.75. The van der Waals surface area contributed by atoms with E-state index in [4.69, 9.17) is 23.8 Å². The predicted molar refractivity (Wildman–Crippen MR) is 102 cm³/mol. The lowest BCUT2D eigenvalue weighted by molar-refractivity contribution is 0.626. The summed E-state index contributed by atoms with van der Waals surface area (Å²) in [6, 6.07) is 18.3. The van der Waals surface area contributed by atoms with Crippen molar-refractivity contribution in [2.45, 2.75) is 0 Å². The third kappa shape index (κ3) is 3.69. The van der Waals surface area contributed by atoms with Crippen LogP contribution in [-0.2, 0) is 0 Å². The van der Waals surface area contributed by atoms with E-state index in [2.05, 4.69) is 15.8 Å². The summed E-state index contributed by atoms with van der Waals surface area (Å²) in [4.78, 5) is 0. The van der Waals surface area contributed by atoms with E-state index in [1.54, 1.807) is 6.07 Å². The quantitative estimate of drug-likeness (QED) is 0.395. The van der Waals surface area contributed by atoms with Crippen molar-refractivity contribution in [3.63, 3.8) is 0 Å². The van der Waals surface area contributed by atoms with Crippen LogP contribution in [0.15, 0.2) is 65.8 Å². The van der Waals surface area contributed by atoms with Crippen LogP contribution in [0.2, 0.25) is 5.02 Å². The normalized spacial score (nSPS) is 10.9. The molecule has 0 aliphatic rings. The molecule has 0 bridgehead atoms. The van der Waals surface area contributed by atoms with Gasteiger partial charge in [0.25, 0.3) is 0 Å². The van der Waals surface area contributed by atoms with Crippen molar-refractivity contribution in [2.75, 3.05) is 5.32 Å². The first-order chi connectivity index (χ1) is 11.6. The van der Waals surface area contributed by atoms with Crippen LogP contribution in [0.3, 0.4) is 0 Å². The van der Waals surface area contributed by atoms with Crippen LogP contribution in [0, 0.1) is 5.82 Å². The highest BCUT2D eigenvalue weighted by Gasteiger charge is 2.04. The van der Waals surface area contributed by atoms with Crippen LogP contribution in [0.5, 0.6) is 0 Å². The minimum Gasteiger partial charge on any atom is -0.331 e. The minimum atomic E-state index is -0.444. The monoisotopic (exact) mass is 357 g/mol. The van der Waals surface area contributed by atoms with Gasteiger partial charge in [-0.05, 0) is 35.8 Å². The highest BCUT2D eigenvalue weighted by atomic mass is 35.5. The molecule has 3 rings (SSSR count). The minimum absolute atomic E-state index is 0.208. The van der Waals surface area contributed by atoms with Gasteiger partial charge < -0.3 is 5.32 Å². The summed E-state index contributed by atoms with van der Waals surface area (Å²) < 4.78 is 13.6. The molecule has 0 aromatic heterocycles. The number of anilines is 1. The zero-order chi connectivity index (χ0) is 16.9. The van der Waals surface area contributed by atoms with E-state index in [9.17, 15) is 4.39 Å². The number of nitrogens with zero attached hydrogens (tertiary/aromatic N) is 1. The zero-order valence-corrected chi connectivity index (χ0v) is 14.0. The summed E-state index contributed by atoms with van der Waals surface area (Å²) in [7, 11) is 0. The van der Waals surface area contributed by atoms with Crippen molar-refractivity contribution in [2.24, 2.45) is 5.10 Å². The molecule has 0 saturated carbocycles. The molecule has 0 aliphatic carbocycles. The largest absolute Gasteiger partial charge is 0.331 e. The Balaban J connectivity index is 1.71. The first-order valence-electron chi connectivity index (χ1n) is 7.17. The SMILES string of the molecule is Fc1cccc(Cl)c1/C=N/NC(=S)Nc1cccc2ccccc12. The van der Waals surface area contributed by atoms with Crippen LogP contribution >= 0.6 is 23.8 Å². The average Bonchev–Trinajstić information content (AvgIpc) is 2.58. The fraction of sp³-hybridized carbons (Fsp3) is 0. The summed E-state index contributed by atoms with van der Waals surface area (Å²) in [6.45, 7) is 0. The summed E-state index contributed by atoms with van der Waals surface area (Å²) in [5.74, 6) is -0.444. The molecule has 6 heteroatoms. The topological polar surface area (TPSA) is 36.4 Å². The second kappa shape index (κ2) is 7.38. The molecule has 0 saturated heterocycles. The molecule has 0 spiro atoms. The maximum atomic E-state index is 13.6. The second-order valence-electron chi connectivity index (χ2n) is 4.99. The maximum absolute atomic E-state index is 13.6. The zero-order valence-electron chi connectivity index (χ0n) is 12.5. The number of hydrogen-bond donors (Lipinski definition) is 2. The molecule has 0 aliphatic heterocycles. The standard InChI is InChI=1S/C18H13ClFN3S/c19-15-8-4-9-16(20)14(15)11-21-23-18(24)22-17-10-3-6-12-5-1-2-7-13(12)17/h1-11H,(H2,22,23,24)/b21-11+. The molecular formula is C18H13ClFN3S. The fourth-order valence-electron chi connectivity index (χ4n) is 2.27. The Bertz CT molecular complexity index is 902. The molecule has 0 unspecified atom stereocenters. The Morgan fingerprint density at radius 3 is 2.62 bits per heavy atom. The number of nitrogens with one attached hydrogen (secondary N) is 2. The van der Waals surface area contributed by atoms with E-state index < -0.39 is 5.82 Å². The van der Waals surface area contributed by atoms with Gasteiger partial charge in [-0.1, -0.05) is 54.1 Å². The number of fused-ring (bicyclic) bond motifs is 1. The lowest BCUT2D eigenvalue weighted by atomic mass is 10.1. The average molecular weight is 358 g/mol. The van der Waals surface area contributed by atoms with Gasteiger partial charge in [0.2, 0.25) is 0 Å². The van der Waals surface area contributed by atoms with Gasteiger partial charge in [-0.2, -0.15) is 5.10 Å². The first-order valence-corrected chi connectivity index (χ1v) is 7.95. The van der Waals surface area contributed by atoms with E-state index in [0.717, 1.165) is 16.5 Å². The van der Waals surface area contributed by atoms with Crippen LogP contribution in [0.1, 0.15) is 5.56 Å². The second-order valence-corrected chi connectivity index (χ2v) is 5.80. The van der Waals surface area contributed by atoms with Gasteiger partial charge in [0.1, 0.15) is 5.82 Å². The first kappa shape index (κ1) is 16.4. The molecule has 0 radical (unpaired) electrons. The molecule has 0 fully saturated rings. The number of hydrazone groups is 1. The summed E-state index contributed by atoms with van der Waals surface area (Å²) in [5.41, 5.74) is 3.74. The van der Waals surface area contributed by atoms with Gasteiger partial charge in [-0.15, -0.1) is 0 Å². The third-order valence-corrected chi connectivity index (χ3v) is 3.92. The smallest absolute Gasteiger partial charge is 0.191 e. The predicted octanol–water partition coefficient (Wildman–Crippen LogP) is 4.95. The van der Waals surface area contributed by atoms with Crippen LogP contribution < -0.4 is 10.7 Å². The molecular weight excluding hydrogens is 345 g/mol. The molecule has 120 valence electrons. The Labute approximate surface area is 149 Å². The molecule has 0 heterocycles. The molecule has 0 atom stereocenters. The fourth-order valence-corrected chi connectivity index (χ4v) is 2.65. The molecule has 3 aromatic rings. The Hall–Kier alpha value is -2.50. The van der Waals surface area contributed by atoms with E-state index in [1.165, 1.54) is 18.3 Å². The highest BCUT2D eigenvalue weighted by molar-refractivity contribution is 7.80. The molecule has 24 heavy (non-hydrogen) atoms. The van der Waals surface area contributed by atoms with Crippen molar-refractivity contribution >= 4 is 51.6 Å². The van der Waals surface area contributed by atoms with Crippen molar-refractivity contribution in [3.8, 4) is 0 Å². The maximum Gasteiger partial charge on any atom is 0.191 e. The van der Waals surface area contributed by atoms with E-state index in [1.807, 2.05) is 42.5 Å². The number of thiocarbonyl (C=S) groups is 1. The van der Waals surface area contributed by atoms with Crippen molar-refractivity contribution < 1.29 is 4.39 Å². The van der Waals surface area contributed by atoms with Gasteiger partial charge in [0, 0.05) is 16.6 Å². The van der Waals surface area contributed by atoms with Crippen LogP contribution in [-0.4, -0.2) is 11.3 Å². The van der Waals surface area contributed by atoms with Gasteiger partial charge >= 0.3 is 0 Å². The Morgan fingerprint density at radius 2 is 1.79 bits per heavy atom. The van der Waals surface area contributed by atoms with E-state index in [0.29, 0.717) is 5.11 Å². The Kier molecular flexibility index (Phi) is 5.03. The van der Waals surface area contributed by atoms with Crippen LogP contribution in [0.25, 0.3) is 10.8 Å². The van der Waals surface area contributed by atoms with Gasteiger partial charge in [-0.3, -0.25) is 5.43 Å². The van der Waals surface area contributed by atoms with E-state index >= 15 is 0 Å². The molecule has 0 amide bonds. The number of rotatable bonds is 3. The number of halogens is 2. The van der Waals surface area contributed by atoms with Crippen LogP contribution in [0.4, 0.5) is 10.1 Å². The number of benzene rings is 3. The third-order valence-electron chi connectivity index (χ3n) is 3.40. The molecule has 2 N–H and O–H groups in total. The number of hydrogen-bond acceptors (Lipinski definition) is 2. The molecule has 3 aromatic carbocycles.